The first-order chi connectivity index (χ1) is 8.47. The monoisotopic (exact) mass is 268 g/mol. The van der Waals surface area contributed by atoms with Crippen molar-refractivity contribution in [2.24, 2.45) is 0 Å². The van der Waals surface area contributed by atoms with Gasteiger partial charge in [0.1, 0.15) is 0 Å². The molecule has 5 heteroatoms. The second-order valence-corrected chi connectivity index (χ2v) is 7.32. The zero-order valence-electron chi connectivity index (χ0n) is 10.9. The molecule has 1 N–H and O–H groups in total. The molecule has 0 radical (unpaired) electrons. The highest BCUT2D eigenvalue weighted by atomic mass is 32.2. The summed E-state index contributed by atoms with van der Waals surface area (Å²) in [5.41, 5.74) is 1.95. The summed E-state index contributed by atoms with van der Waals surface area (Å²) >= 11 is 0. The fourth-order valence-corrected chi connectivity index (χ4v) is 4.03. The van der Waals surface area contributed by atoms with Crippen molar-refractivity contribution < 1.29 is 8.42 Å². The Labute approximate surface area is 109 Å². The van der Waals surface area contributed by atoms with E-state index in [1.54, 1.807) is 0 Å². The largest absolute Gasteiger partial charge is 0.307 e. The minimum Gasteiger partial charge on any atom is -0.307 e. The smallest absolute Gasteiger partial charge is 0.151 e. The average Bonchev–Trinajstić information content (AvgIpc) is 2.74. The summed E-state index contributed by atoms with van der Waals surface area (Å²) in [5, 5.41) is 3.11. The van der Waals surface area contributed by atoms with Crippen LogP contribution in [0.15, 0.2) is 18.2 Å². The zero-order valence-corrected chi connectivity index (χ0v) is 11.7. The molecule has 0 saturated heterocycles. The molecule has 1 heterocycles. The zero-order chi connectivity index (χ0) is 13.2. The van der Waals surface area contributed by atoms with Crippen LogP contribution in [0.3, 0.4) is 0 Å². The first-order valence-electron chi connectivity index (χ1n) is 6.31. The van der Waals surface area contributed by atoms with Crippen LogP contribution in [0, 0.1) is 6.92 Å². The van der Waals surface area contributed by atoms with E-state index >= 15 is 0 Å². The van der Waals surface area contributed by atoms with Gasteiger partial charge in [-0.15, -0.1) is 0 Å². The molecular weight excluding hydrogens is 248 g/mol. The van der Waals surface area contributed by atoms with Gasteiger partial charge in [-0.25, -0.2) is 8.42 Å². The minimum absolute atomic E-state index is 0.0716. The highest BCUT2D eigenvalue weighted by molar-refractivity contribution is 7.91. The van der Waals surface area contributed by atoms with E-state index in [0.29, 0.717) is 6.54 Å². The van der Waals surface area contributed by atoms with Crippen molar-refractivity contribution in [3.05, 3.63) is 29.6 Å². The van der Waals surface area contributed by atoms with Gasteiger partial charge in [0.2, 0.25) is 0 Å². The van der Waals surface area contributed by atoms with Gasteiger partial charge in [-0.3, -0.25) is 4.98 Å². The van der Waals surface area contributed by atoms with E-state index in [-0.39, 0.29) is 11.3 Å². The lowest BCUT2D eigenvalue weighted by atomic mass is 10.2. The SMILES string of the molecule is Cc1cccc(CNC2CCCC2S(C)(=O)=O)n1. The summed E-state index contributed by atoms with van der Waals surface area (Å²) in [6, 6.07) is 5.97. The van der Waals surface area contributed by atoms with Crippen LogP contribution in [0.5, 0.6) is 0 Å². The molecule has 4 nitrogen and oxygen atoms in total. The first kappa shape index (κ1) is 13.5. The Morgan fingerprint density at radius 3 is 2.83 bits per heavy atom. The van der Waals surface area contributed by atoms with Crippen LogP contribution in [0.2, 0.25) is 0 Å². The number of sulfone groups is 1. The number of rotatable bonds is 4. The van der Waals surface area contributed by atoms with Crippen LogP contribution in [0.1, 0.15) is 30.7 Å². The summed E-state index contributed by atoms with van der Waals surface area (Å²) in [4.78, 5) is 4.41. The van der Waals surface area contributed by atoms with E-state index in [4.69, 9.17) is 0 Å². The molecule has 0 aliphatic heterocycles. The predicted molar refractivity (Wildman–Crippen MR) is 72.1 cm³/mol. The van der Waals surface area contributed by atoms with E-state index in [1.807, 2.05) is 25.1 Å². The van der Waals surface area contributed by atoms with Crippen molar-refractivity contribution >= 4 is 9.84 Å². The van der Waals surface area contributed by atoms with Gasteiger partial charge in [0.25, 0.3) is 0 Å². The molecular formula is C13H20N2O2S. The predicted octanol–water partition coefficient (Wildman–Crippen LogP) is 1.45. The fraction of sp³-hybridized carbons (Fsp3) is 0.615. The fourth-order valence-electron chi connectivity index (χ4n) is 2.61. The van der Waals surface area contributed by atoms with Gasteiger partial charge in [-0.2, -0.15) is 0 Å². The van der Waals surface area contributed by atoms with Gasteiger partial charge in [0.15, 0.2) is 9.84 Å². The highest BCUT2D eigenvalue weighted by Gasteiger charge is 2.34. The third-order valence-electron chi connectivity index (χ3n) is 3.49. The lowest BCUT2D eigenvalue weighted by Crippen LogP contribution is -2.39. The van der Waals surface area contributed by atoms with Crippen molar-refractivity contribution in [3.8, 4) is 0 Å². The Morgan fingerprint density at radius 2 is 2.17 bits per heavy atom. The Hall–Kier alpha value is -0.940. The van der Waals surface area contributed by atoms with Crippen molar-refractivity contribution in [2.75, 3.05) is 6.26 Å². The van der Waals surface area contributed by atoms with E-state index in [9.17, 15) is 8.42 Å². The molecule has 1 aliphatic rings. The molecule has 0 bridgehead atoms. The summed E-state index contributed by atoms with van der Waals surface area (Å²) < 4.78 is 23.3. The maximum Gasteiger partial charge on any atom is 0.151 e. The molecule has 100 valence electrons. The number of hydrogen-bond acceptors (Lipinski definition) is 4. The van der Waals surface area contributed by atoms with Crippen LogP contribution in [0.25, 0.3) is 0 Å². The molecule has 1 aromatic rings. The third kappa shape index (κ3) is 3.29. The number of nitrogens with zero attached hydrogens (tertiary/aromatic N) is 1. The quantitative estimate of drug-likeness (QED) is 0.898. The standard InChI is InChI=1S/C13H20N2O2S/c1-10-5-3-6-11(15-10)9-14-12-7-4-8-13(12)18(2,16)17/h3,5-6,12-14H,4,7-9H2,1-2H3. The Balaban J connectivity index is 1.98. The molecule has 1 saturated carbocycles. The van der Waals surface area contributed by atoms with Gasteiger partial charge in [-0.05, 0) is 31.9 Å². The highest BCUT2D eigenvalue weighted by Crippen LogP contribution is 2.25. The van der Waals surface area contributed by atoms with Crippen LogP contribution >= 0.6 is 0 Å². The van der Waals surface area contributed by atoms with Gasteiger partial charge >= 0.3 is 0 Å². The normalized spacial score (nSPS) is 24.3. The van der Waals surface area contributed by atoms with Crippen LogP contribution in [-0.2, 0) is 16.4 Å². The van der Waals surface area contributed by atoms with Gasteiger partial charge in [0.05, 0.1) is 10.9 Å². The number of aromatic nitrogens is 1. The van der Waals surface area contributed by atoms with E-state index < -0.39 is 9.84 Å². The maximum absolute atomic E-state index is 11.7. The lowest BCUT2D eigenvalue weighted by Gasteiger charge is -2.19. The number of aryl methyl sites for hydroxylation is 1. The maximum atomic E-state index is 11.7. The third-order valence-corrected chi connectivity index (χ3v) is 5.16. The molecule has 1 aliphatic carbocycles. The average molecular weight is 268 g/mol. The van der Waals surface area contributed by atoms with Gasteiger partial charge < -0.3 is 5.32 Å². The molecule has 1 aromatic heterocycles. The molecule has 2 rings (SSSR count). The molecule has 2 atom stereocenters. The van der Waals surface area contributed by atoms with Crippen LogP contribution in [0.4, 0.5) is 0 Å². The number of hydrogen-bond donors (Lipinski definition) is 1. The summed E-state index contributed by atoms with van der Waals surface area (Å²) in [5.74, 6) is 0. The van der Waals surface area contributed by atoms with Crippen LogP contribution in [-0.4, -0.2) is 30.9 Å². The van der Waals surface area contributed by atoms with Crippen molar-refractivity contribution in [2.45, 2.75) is 44.0 Å². The van der Waals surface area contributed by atoms with Gasteiger partial charge in [-0.1, -0.05) is 12.5 Å². The molecule has 0 amide bonds. The second kappa shape index (κ2) is 5.36. The van der Waals surface area contributed by atoms with Crippen molar-refractivity contribution in [3.63, 3.8) is 0 Å². The summed E-state index contributed by atoms with van der Waals surface area (Å²) in [6.45, 7) is 2.59. The van der Waals surface area contributed by atoms with Crippen LogP contribution < -0.4 is 5.32 Å². The van der Waals surface area contributed by atoms with Crippen molar-refractivity contribution in [1.29, 1.82) is 0 Å². The second-order valence-electron chi connectivity index (χ2n) is 5.06. The molecule has 0 aromatic carbocycles. The summed E-state index contributed by atoms with van der Waals surface area (Å²) in [6.07, 6.45) is 4.03. The van der Waals surface area contributed by atoms with Crippen molar-refractivity contribution in [1.82, 2.24) is 10.3 Å². The number of nitrogens with one attached hydrogen (secondary N) is 1. The Kier molecular flexibility index (Phi) is 4.02. The Morgan fingerprint density at radius 1 is 1.39 bits per heavy atom. The molecule has 1 fully saturated rings. The first-order valence-corrected chi connectivity index (χ1v) is 8.27. The van der Waals surface area contributed by atoms with Gasteiger partial charge in [0, 0.05) is 24.5 Å². The molecule has 2 unspecified atom stereocenters. The van der Waals surface area contributed by atoms with E-state index in [1.165, 1.54) is 6.26 Å². The Bertz CT molecular complexity index is 513. The minimum atomic E-state index is -2.95. The molecule has 18 heavy (non-hydrogen) atoms. The summed E-state index contributed by atoms with van der Waals surface area (Å²) in [7, 11) is -2.95. The van der Waals surface area contributed by atoms with E-state index in [2.05, 4.69) is 10.3 Å². The molecule has 0 spiro atoms. The van der Waals surface area contributed by atoms with E-state index in [0.717, 1.165) is 30.7 Å². The number of pyridine rings is 1. The lowest BCUT2D eigenvalue weighted by molar-refractivity contribution is 0.503. The topological polar surface area (TPSA) is 59.1 Å².